The van der Waals surface area contributed by atoms with Crippen molar-refractivity contribution in [2.45, 2.75) is 23.4 Å². The van der Waals surface area contributed by atoms with E-state index in [-0.39, 0.29) is 0 Å². The maximum atomic E-state index is 12.3. The number of hydrogen-bond acceptors (Lipinski definition) is 3. The molecule has 98 valence electrons. The normalized spacial score (nSPS) is 22.6. The van der Waals surface area contributed by atoms with Gasteiger partial charge in [0.2, 0.25) is 5.44 Å². The van der Waals surface area contributed by atoms with Crippen molar-refractivity contribution in [1.29, 1.82) is 0 Å². The Morgan fingerprint density at radius 3 is 2.53 bits per heavy atom. The highest BCUT2D eigenvalue weighted by atomic mass is 32.2. The van der Waals surface area contributed by atoms with E-state index in [1.807, 2.05) is 43.3 Å². The summed E-state index contributed by atoms with van der Waals surface area (Å²) in [7, 11) is -1.34. The summed E-state index contributed by atoms with van der Waals surface area (Å²) in [6.45, 7) is 1.98. The number of para-hydroxylation sites is 1. The Bertz CT molecular complexity index is 622. The number of aryl methyl sites for hydroxylation is 1. The van der Waals surface area contributed by atoms with Crippen molar-refractivity contribution in [3.8, 4) is 5.75 Å². The number of fused-ring (bicyclic) bond motifs is 1. The van der Waals surface area contributed by atoms with E-state index in [1.165, 1.54) is 0 Å². The lowest BCUT2D eigenvalue weighted by Crippen LogP contribution is -2.25. The van der Waals surface area contributed by atoms with Crippen LogP contribution in [0.15, 0.2) is 53.4 Å². The molecule has 3 nitrogen and oxygen atoms in total. The van der Waals surface area contributed by atoms with Crippen LogP contribution in [-0.2, 0) is 10.8 Å². The predicted octanol–water partition coefficient (Wildman–Crippen LogP) is 2.55. The summed E-state index contributed by atoms with van der Waals surface area (Å²) in [6.07, 6.45) is -0.895. The van der Waals surface area contributed by atoms with Crippen LogP contribution < -0.4 is 4.74 Å². The average Bonchev–Trinajstić information content (AvgIpc) is 2.77. The van der Waals surface area contributed by atoms with Gasteiger partial charge in [0.25, 0.3) is 0 Å². The highest BCUT2D eigenvalue weighted by Gasteiger charge is 2.36. The molecule has 19 heavy (non-hydrogen) atoms. The van der Waals surface area contributed by atoms with Crippen molar-refractivity contribution in [3.63, 3.8) is 0 Å². The SMILES string of the molecule is Cc1ccc([C@H](O)[C@H]2Oc3ccccc3S2=O)cc1. The molecular weight excluding hydrogens is 260 g/mol. The van der Waals surface area contributed by atoms with E-state index < -0.39 is 22.3 Å². The maximum Gasteiger partial charge on any atom is 0.207 e. The number of aliphatic hydroxyl groups excluding tert-OH is 1. The van der Waals surface area contributed by atoms with Gasteiger partial charge in [-0.1, -0.05) is 42.0 Å². The van der Waals surface area contributed by atoms with Crippen molar-refractivity contribution in [2.24, 2.45) is 0 Å². The number of aliphatic hydroxyl groups is 1. The third-order valence-electron chi connectivity index (χ3n) is 3.20. The third kappa shape index (κ3) is 2.17. The second kappa shape index (κ2) is 4.79. The summed E-state index contributed by atoms with van der Waals surface area (Å²) in [4.78, 5) is 0.652. The van der Waals surface area contributed by atoms with Crippen LogP contribution in [0.4, 0.5) is 0 Å². The molecule has 3 atom stereocenters. The van der Waals surface area contributed by atoms with Gasteiger partial charge in [-0.2, -0.15) is 0 Å². The molecule has 0 saturated heterocycles. The molecular formula is C15H14O3S. The lowest BCUT2D eigenvalue weighted by Gasteiger charge is -2.17. The number of hydrogen-bond donors (Lipinski definition) is 1. The van der Waals surface area contributed by atoms with Crippen molar-refractivity contribution < 1.29 is 14.1 Å². The van der Waals surface area contributed by atoms with E-state index in [0.29, 0.717) is 10.6 Å². The van der Waals surface area contributed by atoms with Crippen LogP contribution in [0, 0.1) is 6.92 Å². The Morgan fingerprint density at radius 1 is 1.16 bits per heavy atom. The zero-order chi connectivity index (χ0) is 13.4. The first-order valence-corrected chi connectivity index (χ1v) is 7.29. The molecule has 1 aliphatic heterocycles. The molecule has 0 amide bonds. The molecule has 0 bridgehead atoms. The van der Waals surface area contributed by atoms with Crippen LogP contribution in [0.2, 0.25) is 0 Å². The van der Waals surface area contributed by atoms with Gasteiger partial charge in [0.15, 0.2) is 0 Å². The van der Waals surface area contributed by atoms with E-state index in [0.717, 1.165) is 11.1 Å². The molecule has 1 aliphatic rings. The minimum absolute atomic E-state index is 0.594. The molecule has 0 aliphatic carbocycles. The number of ether oxygens (including phenoxy) is 1. The van der Waals surface area contributed by atoms with Crippen LogP contribution in [0.1, 0.15) is 17.2 Å². The summed E-state index contributed by atoms with van der Waals surface area (Å²) in [5.41, 5.74) is 1.10. The summed E-state index contributed by atoms with van der Waals surface area (Å²) in [5.74, 6) is 0.594. The second-order valence-electron chi connectivity index (χ2n) is 4.59. The van der Waals surface area contributed by atoms with Gasteiger partial charge in [-0.15, -0.1) is 0 Å². The van der Waals surface area contributed by atoms with Crippen LogP contribution in [0.3, 0.4) is 0 Å². The van der Waals surface area contributed by atoms with E-state index >= 15 is 0 Å². The van der Waals surface area contributed by atoms with Gasteiger partial charge in [0.05, 0.1) is 4.90 Å². The lowest BCUT2D eigenvalue weighted by molar-refractivity contribution is 0.0885. The zero-order valence-electron chi connectivity index (χ0n) is 10.4. The minimum atomic E-state index is -1.34. The summed E-state index contributed by atoms with van der Waals surface area (Å²) < 4.78 is 17.9. The Labute approximate surface area is 114 Å². The fraction of sp³-hybridized carbons (Fsp3) is 0.200. The van der Waals surface area contributed by atoms with Gasteiger partial charge in [-0.05, 0) is 24.6 Å². The molecule has 4 heteroatoms. The van der Waals surface area contributed by atoms with Crippen LogP contribution in [0.5, 0.6) is 5.75 Å². The largest absolute Gasteiger partial charge is 0.472 e. The second-order valence-corrected chi connectivity index (χ2v) is 6.09. The molecule has 1 unspecified atom stereocenters. The van der Waals surface area contributed by atoms with E-state index in [4.69, 9.17) is 4.74 Å². The van der Waals surface area contributed by atoms with E-state index in [9.17, 15) is 9.32 Å². The van der Waals surface area contributed by atoms with E-state index in [2.05, 4.69) is 0 Å². The first-order chi connectivity index (χ1) is 9.16. The smallest absolute Gasteiger partial charge is 0.207 e. The maximum absolute atomic E-state index is 12.3. The Balaban J connectivity index is 1.89. The molecule has 0 spiro atoms. The highest BCUT2D eigenvalue weighted by molar-refractivity contribution is 7.86. The molecule has 1 heterocycles. The topological polar surface area (TPSA) is 46.5 Å². The molecule has 3 rings (SSSR count). The predicted molar refractivity (Wildman–Crippen MR) is 73.4 cm³/mol. The molecule has 2 aromatic carbocycles. The Morgan fingerprint density at radius 2 is 1.84 bits per heavy atom. The van der Waals surface area contributed by atoms with Crippen molar-refractivity contribution in [3.05, 3.63) is 59.7 Å². The summed E-state index contributed by atoms with van der Waals surface area (Å²) in [6, 6.07) is 14.7. The van der Waals surface area contributed by atoms with Gasteiger partial charge in [-0.3, -0.25) is 4.21 Å². The van der Waals surface area contributed by atoms with Crippen molar-refractivity contribution in [2.75, 3.05) is 0 Å². The minimum Gasteiger partial charge on any atom is -0.472 e. The Kier molecular flexibility index (Phi) is 3.12. The van der Waals surface area contributed by atoms with Gasteiger partial charge < -0.3 is 9.84 Å². The van der Waals surface area contributed by atoms with E-state index in [1.54, 1.807) is 12.1 Å². The average molecular weight is 274 g/mol. The lowest BCUT2D eigenvalue weighted by atomic mass is 10.1. The fourth-order valence-corrected chi connectivity index (χ4v) is 3.47. The van der Waals surface area contributed by atoms with Gasteiger partial charge in [0.1, 0.15) is 22.7 Å². The highest BCUT2D eigenvalue weighted by Crippen LogP contribution is 2.37. The first kappa shape index (κ1) is 12.4. The fourth-order valence-electron chi connectivity index (χ4n) is 2.11. The zero-order valence-corrected chi connectivity index (χ0v) is 11.3. The number of benzene rings is 2. The summed E-state index contributed by atoms with van der Waals surface area (Å²) >= 11 is 0. The molecule has 1 N–H and O–H groups in total. The standard InChI is InChI=1S/C15H14O3S/c1-10-6-8-11(9-7-10)14(16)15-18-12-4-2-3-5-13(12)19(15)17/h2-9,14-16H,1H3/t14-,15-,19?/m0/s1. The first-order valence-electron chi connectivity index (χ1n) is 6.08. The monoisotopic (exact) mass is 274 g/mol. The van der Waals surface area contributed by atoms with Gasteiger partial charge >= 0.3 is 0 Å². The molecule has 0 radical (unpaired) electrons. The van der Waals surface area contributed by atoms with Gasteiger partial charge in [-0.25, -0.2) is 0 Å². The van der Waals surface area contributed by atoms with Crippen LogP contribution in [0.25, 0.3) is 0 Å². The number of rotatable bonds is 2. The molecule has 0 saturated carbocycles. The molecule has 0 aromatic heterocycles. The third-order valence-corrected chi connectivity index (χ3v) is 4.74. The molecule has 2 aromatic rings. The van der Waals surface area contributed by atoms with Crippen LogP contribution in [-0.4, -0.2) is 14.8 Å². The summed E-state index contributed by atoms with van der Waals surface area (Å²) in [5, 5.41) is 10.3. The van der Waals surface area contributed by atoms with Crippen molar-refractivity contribution in [1.82, 2.24) is 0 Å². The quantitative estimate of drug-likeness (QED) is 0.915. The van der Waals surface area contributed by atoms with Crippen molar-refractivity contribution >= 4 is 10.8 Å². The Hall–Kier alpha value is -1.65. The van der Waals surface area contributed by atoms with Gasteiger partial charge in [0, 0.05) is 0 Å². The van der Waals surface area contributed by atoms with Crippen LogP contribution >= 0.6 is 0 Å². The molecule has 0 fully saturated rings.